The van der Waals surface area contributed by atoms with Crippen LogP contribution in [0.4, 0.5) is 0 Å². The third-order valence-corrected chi connectivity index (χ3v) is 2.22. The Kier molecular flexibility index (Phi) is 3.89. The number of nitrogens with one attached hydrogen (secondary N) is 1. The molecule has 0 aliphatic rings. The highest BCUT2D eigenvalue weighted by molar-refractivity contribution is 5.08. The lowest BCUT2D eigenvalue weighted by Crippen LogP contribution is -2.26. The second-order valence-electron chi connectivity index (χ2n) is 3.67. The molecule has 1 heterocycles. The zero-order valence-electron chi connectivity index (χ0n) is 9.08. The molecule has 0 amide bonds. The van der Waals surface area contributed by atoms with Crippen LogP contribution in [0.5, 0.6) is 0 Å². The third kappa shape index (κ3) is 2.45. The number of pyridine rings is 1. The first-order valence-corrected chi connectivity index (χ1v) is 5.02. The molecule has 1 aromatic rings. The molecule has 1 aromatic heterocycles. The van der Waals surface area contributed by atoms with Crippen molar-refractivity contribution in [3.63, 3.8) is 0 Å². The molecule has 0 aromatic carbocycles. The van der Waals surface area contributed by atoms with Gasteiger partial charge in [0.2, 0.25) is 0 Å². The van der Waals surface area contributed by atoms with E-state index in [1.807, 2.05) is 37.6 Å². The summed E-state index contributed by atoms with van der Waals surface area (Å²) in [6, 6.07) is 5.68. The van der Waals surface area contributed by atoms with Crippen LogP contribution in [0.25, 0.3) is 0 Å². The highest BCUT2D eigenvalue weighted by Crippen LogP contribution is 2.05. The van der Waals surface area contributed by atoms with Crippen LogP contribution in [-0.4, -0.2) is 18.2 Å². The number of likely N-dealkylation sites (N-methyl/N-ethyl adjacent to an activating group) is 1. The molecule has 0 aliphatic heterocycles. The molecular weight excluding hydrogens is 176 g/mol. The summed E-state index contributed by atoms with van der Waals surface area (Å²) in [6.45, 7) is 4.96. The summed E-state index contributed by atoms with van der Waals surface area (Å²) < 4.78 is 1.84. The molecular formula is C11H18N2O. The van der Waals surface area contributed by atoms with Crippen LogP contribution < -0.4 is 10.9 Å². The summed E-state index contributed by atoms with van der Waals surface area (Å²) >= 11 is 0. The lowest BCUT2D eigenvalue weighted by atomic mass is 10.2. The van der Waals surface area contributed by atoms with Gasteiger partial charge in [-0.25, -0.2) is 0 Å². The summed E-state index contributed by atoms with van der Waals surface area (Å²) in [5.74, 6) is 0. The Morgan fingerprint density at radius 2 is 2.14 bits per heavy atom. The first-order valence-electron chi connectivity index (χ1n) is 5.02. The highest BCUT2D eigenvalue weighted by Gasteiger charge is 2.05. The average molecular weight is 194 g/mol. The average Bonchev–Trinajstić information content (AvgIpc) is 2.14. The van der Waals surface area contributed by atoms with Crippen molar-refractivity contribution >= 4 is 0 Å². The van der Waals surface area contributed by atoms with Crippen molar-refractivity contribution in [2.75, 3.05) is 13.6 Å². The first-order chi connectivity index (χ1) is 6.66. The lowest BCUT2D eigenvalue weighted by molar-refractivity contribution is 0.545. The van der Waals surface area contributed by atoms with Crippen molar-refractivity contribution in [2.45, 2.75) is 26.3 Å². The zero-order valence-corrected chi connectivity index (χ0v) is 9.08. The van der Waals surface area contributed by atoms with E-state index in [4.69, 9.17) is 0 Å². The van der Waals surface area contributed by atoms with Crippen LogP contribution in [0, 0.1) is 0 Å². The predicted molar refractivity (Wildman–Crippen MR) is 58.7 cm³/mol. The van der Waals surface area contributed by atoms with E-state index in [2.05, 4.69) is 5.32 Å². The number of aromatic nitrogens is 1. The molecule has 14 heavy (non-hydrogen) atoms. The van der Waals surface area contributed by atoms with E-state index < -0.39 is 0 Å². The standard InChI is InChI=1S/C11H18N2O/c1-9(2)13-10(7-8-12-3)5-4-6-11(13)14/h4-6,9,12H,7-8H2,1-3H3. The third-order valence-electron chi connectivity index (χ3n) is 2.22. The molecule has 0 spiro atoms. The molecule has 0 fully saturated rings. The first kappa shape index (κ1) is 11.0. The summed E-state index contributed by atoms with van der Waals surface area (Å²) in [7, 11) is 1.92. The van der Waals surface area contributed by atoms with Gasteiger partial charge in [-0.3, -0.25) is 4.79 Å². The molecule has 1 rings (SSSR count). The van der Waals surface area contributed by atoms with Crippen LogP contribution >= 0.6 is 0 Å². The Hall–Kier alpha value is -1.09. The van der Waals surface area contributed by atoms with E-state index in [0.717, 1.165) is 18.7 Å². The lowest BCUT2D eigenvalue weighted by Gasteiger charge is -2.15. The van der Waals surface area contributed by atoms with Gasteiger partial charge in [-0.05, 0) is 27.0 Å². The van der Waals surface area contributed by atoms with E-state index in [-0.39, 0.29) is 11.6 Å². The van der Waals surface area contributed by atoms with Crippen molar-refractivity contribution in [2.24, 2.45) is 0 Å². The van der Waals surface area contributed by atoms with Gasteiger partial charge in [0.25, 0.3) is 5.56 Å². The molecule has 3 heteroatoms. The van der Waals surface area contributed by atoms with Gasteiger partial charge < -0.3 is 9.88 Å². The normalized spacial score (nSPS) is 10.9. The van der Waals surface area contributed by atoms with Crippen molar-refractivity contribution < 1.29 is 0 Å². The van der Waals surface area contributed by atoms with Crippen LogP contribution in [0.2, 0.25) is 0 Å². The van der Waals surface area contributed by atoms with Gasteiger partial charge in [0.1, 0.15) is 0 Å². The van der Waals surface area contributed by atoms with Crippen molar-refractivity contribution in [1.29, 1.82) is 0 Å². The Morgan fingerprint density at radius 3 is 2.71 bits per heavy atom. The van der Waals surface area contributed by atoms with Gasteiger partial charge in [0.15, 0.2) is 0 Å². The van der Waals surface area contributed by atoms with Crippen LogP contribution in [0.3, 0.4) is 0 Å². The van der Waals surface area contributed by atoms with E-state index in [9.17, 15) is 4.79 Å². The smallest absolute Gasteiger partial charge is 0.250 e. The monoisotopic (exact) mass is 194 g/mol. The molecule has 0 bridgehead atoms. The molecule has 0 atom stereocenters. The summed E-state index contributed by atoms with van der Waals surface area (Å²) in [5, 5.41) is 3.09. The Bertz CT molecular complexity index is 341. The second-order valence-corrected chi connectivity index (χ2v) is 3.67. The van der Waals surface area contributed by atoms with E-state index in [0.29, 0.717) is 0 Å². The highest BCUT2D eigenvalue weighted by atomic mass is 16.1. The maximum Gasteiger partial charge on any atom is 0.250 e. The van der Waals surface area contributed by atoms with Crippen molar-refractivity contribution in [3.8, 4) is 0 Å². The summed E-state index contributed by atoms with van der Waals surface area (Å²) in [5.41, 5.74) is 1.19. The van der Waals surface area contributed by atoms with E-state index in [1.165, 1.54) is 0 Å². The van der Waals surface area contributed by atoms with Crippen LogP contribution in [0.15, 0.2) is 23.0 Å². The van der Waals surface area contributed by atoms with Gasteiger partial charge in [0.05, 0.1) is 0 Å². The molecule has 1 N–H and O–H groups in total. The molecule has 0 saturated carbocycles. The Balaban J connectivity index is 3.02. The quantitative estimate of drug-likeness (QED) is 0.781. The minimum Gasteiger partial charge on any atom is -0.319 e. The fraction of sp³-hybridized carbons (Fsp3) is 0.545. The van der Waals surface area contributed by atoms with Gasteiger partial charge in [-0.1, -0.05) is 6.07 Å². The molecule has 0 saturated heterocycles. The van der Waals surface area contributed by atoms with Gasteiger partial charge in [-0.2, -0.15) is 0 Å². The van der Waals surface area contributed by atoms with Crippen LogP contribution in [-0.2, 0) is 6.42 Å². The number of hydrogen-bond donors (Lipinski definition) is 1. The largest absolute Gasteiger partial charge is 0.319 e. The minimum atomic E-state index is 0.0913. The SMILES string of the molecule is CNCCc1cccc(=O)n1C(C)C. The maximum absolute atomic E-state index is 11.6. The van der Waals surface area contributed by atoms with Gasteiger partial charge in [-0.15, -0.1) is 0 Å². The Morgan fingerprint density at radius 1 is 1.43 bits per heavy atom. The molecule has 0 unspecified atom stereocenters. The van der Waals surface area contributed by atoms with Crippen molar-refractivity contribution in [1.82, 2.24) is 9.88 Å². The summed E-state index contributed by atoms with van der Waals surface area (Å²) in [4.78, 5) is 11.6. The second kappa shape index (κ2) is 4.96. The zero-order chi connectivity index (χ0) is 10.6. The molecule has 3 nitrogen and oxygen atoms in total. The predicted octanol–water partition coefficient (Wildman–Crippen LogP) is 1.19. The maximum atomic E-state index is 11.6. The molecule has 78 valence electrons. The number of nitrogens with zero attached hydrogens (tertiary/aromatic N) is 1. The fourth-order valence-corrected chi connectivity index (χ4v) is 1.59. The topological polar surface area (TPSA) is 34.0 Å². The molecule has 0 radical (unpaired) electrons. The van der Waals surface area contributed by atoms with Crippen molar-refractivity contribution in [3.05, 3.63) is 34.2 Å². The minimum absolute atomic E-state index is 0.0913. The molecule has 0 aliphatic carbocycles. The number of hydrogen-bond acceptors (Lipinski definition) is 2. The van der Waals surface area contributed by atoms with E-state index >= 15 is 0 Å². The van der Waals surface area contributed by atoms with Crippen LogP contribution in [0.1, 0.15) is 25.6 Å². The van der Waals surface area contributed by atoms with Gasteiger partial charge >= 0.3 is 0 Å². The Labute approximate surface area is 84.8 Å². The summed E-state index contributed by atoms with van der Waals surface area (Å²) in [6.07, 6.45) is 0.894. The fourth-order valence-electron chi connectivity index (χ4n) is 1.59. The van der Waals surface area contributed by atoms with Gasteiger partial charge in [0, 0.05) is 30.8 Å². The van der Waals surface area contributed by atoms with E-state index in [1.54, 1.807) is 6.07 Å². The number of rotatable bonds is 4.